The van der Waals surface area contributed by atoms with E-state index in [1.807, 2.05) is 13.0 Å². The van der Waals surface area contributed by atoms with Gasteiger partial charge in [0.05, 0.1) is 5.69 Å². The summed E-state index contributed by atoms with van der Waals surface area (Å²) in [6.07, 6.45) is 5.95. The van der Waals surface area contributed by atoms with Gasteiger partial charge in [-0.25, -0.2) is 9.97 Å². The molecule has 0 spiro atoms. The van der Waals surface area contributed by atoms with E-state index in [4.69, 9.17) is 15.0 Å². The third kappa shape index (κ3) is 3.08. The van der Waals surface area contributed by atoms with E-state index in [9.17, 15) is 0 Å². The van der Waals surface area contributed by atoms with E-state index in [0.717, 1.165) is 55.9 Å². The molecule has 0 unspecified atom stereocenters. The second-order valence-corrected chi connectivity index (χ2v) is 7.72. The highest BCUT2D eigenvalue weighted by Crippen LogP contribution is 2.32. The predicted octanol–water partition coefficient (Wildman–Crippen LogP) is 2.92. The lowest BCUT2D eigenvalue weighted by molar-refractivity contribution is 0.692. The molecule has 1 N–H and O–H groups in total. The Hall–Kier alpha value is -2.37. The van der Waals surface area contributed by atoms with E-state index < -0.39 is 0 Å². The van der Waals surface area contributed by atoms with Crippen LogP contribution in [0.5, 0.6) is 0 Å². The minimum atomic E-state index is 0.591. The first-order valence-corrected chi connectivity index (χ1v) is 9.86. The van der Waals surface area contributed by atoms with E-state index >= 15 is 0 Å². The monoisotopic (exact) mass is 350 g/mol. The maximum Gasteiger partial charge on any atom is 0.227 e. The summed E-state index contributed by atoms with van der Waals surface area (Å²) in [6, 6.07) is 6.83. The van der Waals surface area contributed by atoms with Gasteiger partial charge in [-0.15, -0.1) is 0 Å². The molecule has 5 rings (SSSR count). The molecule has 1 saturated carbocycles. The summed E-state index contributed by atoms with van der Waals surface area (Å²) >= 11 is 0. The summed E-state index contributed by atoms with van der Waals surface area (Å²) < 4.78 is 0. The second-order valence-electron chi connectivity index (χ2n) is 7.72. The first-order valence-electron chi connectivity index (χ1n) is 9.86. The lowest BCUT2D eigenvalue weighted by atomic mass is 10.1. The van der Waals surface area contributed by atoms with Crippen LogP contribution < -0.4 is 15.1 Å². The summed E-state index contributed by atoms with van der Waals surface area (Å²) in [4.78, 5) is 19.3. The van der Waals surface area contributed by atoms with E-state index in [2.05, 4.69) is 27.2 Å². The molecule has 2 aliphatic heterocycles. The van der Waals surface area contributed by atoms with Crippen LogP contribution in [0.2, 0.25) is 0 Å². The van der Waals surface area contributed by atoms with Crippen molar-refractivity contribution in [2.24, 2.45) is 0 Å². The Morgan fingerprint density at radius 2 is 1.85 bits per heavy atom. The lowest BCUT2D eigenvalue weighted by Crippen LogP contribution is -2.34. The van der Waals surface area contributed by atoms with Crippen LogP contribution in [-0.4, -0.2) is 40.6 Å². The smallest absolute Gasteiger partial charge is 0.227 e. The molecule has 2 aromatic heterocycles. The first kappa shape index (κ1) is 15.9. The molecule has 0 radical (unpaired) electrons. The van der Waals surface area contributed by atoms with E-state index in [1.54, 1.807) is 0 Å². The molecule has 1 aliphatic carbocycles. The van der Waals surface area contributed by atoms with Crippen LogP contribution >= 0.6 is 0 Å². The van der Waals surface area contributed by atoms with Crippen molar-refractivity contribution in [1.29, 1.82) is 0 Å². The average Bonchev–Trinajstić information content (AvgIpc) is 3.30. The Balaban J connectivity index is 1.48. The number of hydrogen-bond donors (Lipinski definition) is 1. The van der Waals surface area contributed by atoms with Crippen molar-refractivity contribution in [3.05, 3.63) is 35.2 Å². The molecule has 3 aliphatic rings. The van der Waals surface area contributed by atoms with E-state index in [1.165, 1.54) is 36.9 Å². The maximum absolute atomic E-state index is 4.96. The number of anilines is 3. The Bertz CT molecular complexity index is 810. The van der Waals surface area contributed by atoms with Gasteiger partial charge in [0.25, 0.3) is 0 Å². The third-order valence-corrected chi connectivity index (χ3v) is 5.55. The fraction of sp³-hybridized carbons (Fsp3) is 0.550. The molecule has 0 atom stereocenters. The number of aryl methyl sites for hydroxylation is 1. The highest BCUT2D eigenvalue weighted by molar-refractivity contribution is 5.56. The third-order valence-electron chi connectivity index (χ3n) is 5.55. The van der Waals surface area contributed by atoms with Gasteiger partial charge in [-0.2, -0.15) is 4.98 Å². The van der Waals surface area contributed by atoms with Crippen molar-refractivity contribution in [3.8, 4) is 0 Å². The molecular weight excluding hydrogens is 324 g/mol. The number of pyridine rings is 1. The quantitative estimate of drug-likeness (QED) is 0.915. The average molecular weight is 350 g/mol. The molecule has 0 aromatic carbocycles. The van der Waals surface area contributed by atoms with Crippen molar-refractivity contribution < 1.29 is 0 Å². The molecule has 136 valence electrons. The molecule has 6 heteroatoms. The summed E-state index contributed by atoms with van der Waals surface area (Å²) in [5, 5.41) is 3.67. The Labute approximate surface area is 154 Å². The fourth-order valence-electron chi connectivity index (χ4n) is 3.90. The molecule has 4 heterocycles. The summed E-state index contributed by atoms with van der Waals surface area (Å²) in [5.41, 5.74) is 3.54. The second kappa shape index (κ2) is 6.41. The van der Waals surface area contributed by atoms with Crippen LogP contribution in [0, 0.1) is 6.92 Å². The molecule has 2 fully saturated rings. The van der Waals surface area contributed by atoms with Crippen molar-refractivity contribution in [2.75, 3.05) is 34.8 Å². The van der Waals surface area contributed by atoms with Gasteiger partial charge in [0.1, 0.15) is 11.6 Å². The molecular formula is C20H26N6. The van der Waals surface area contributed by atoms with Gasteiger partial charge in [-0.05, 0) is 44.7 Å². The molecule has 6 nitrogen and oxygen atoms in total. The standard InChI is InChI=1S/C20H26N6/c1-14-5-4-6-18(21-14)26-12-9-17-16(13-26)19(22-15-7-8-15)24-20(23-17)25-10-2-3-11-25/h4-6,15H,2-3,7-13H2,1H3,(H,22,23,24). The first-order chi connectivity index (χ1) is 12.8. The van der Waals surface area contributed by atoms with Crippen molar-refractivity contribution in [3.63, 3.8) is 0 Å². The van der Waals surface area contributed by atoms with Crippen LogP contribution in [0.15, 0.2) is 18.2 Å². The van der Waals surface area contributed by atoms with Gasteiger partial charge in [0.15, 0.2) is 0 Å². The van der Waals surface area contributed by atoms with Crippen LogP contribution in [0.1, 0.15) is 42.6 Å². The number of aromatic nitrogens is 3. The molecule has 2 aromatic rings. The minimum absolute atomic E-state index is 0.591. The van der Waals surface area contributed by atoms with E-state index in [0.29, 0.717) is 6.04 Å². The van der Waals surface area contributed by atoms with Crippen LogP contribution in [0.25, 0.3) is 0 Å². The van der Waals surface area contributed by atoms with Gasteiger partial charge in [0, 0.05) is 49.9 Å². The Morgan fingerprint density at radius 3 is 2.62 bits per heavy atom. The molecule has 0 amide bonds. The van der Waals surface area contributed by atoms with Crippen molar-refractivity contribution >= 4 is 17.6 Å². The zero-order chi connectivity index (χ0) is 17.5. The molecule has 1 saturated heterocycles. The highest BCUT2D eigenvalue weighted by atomic mass is 15.3. The summed E-state index contributed by atoms with van der Waals surface area (Å²) in [6.45, 7) is 6.01. The van der Waals surface area contributed by atoms with Gasteiger partial charge >= 0.3 is 0 Å². The Morgan fingerprint density at radius 1 is 1.00 bits per heavy atom. The lowest BCUT2D eigenvalue weighted by Gasteiger charge is -2.31. The van der Waals surface area contributed by atoms with Gasteiger partial charge in [-0.3, -0.25) is 0 Å². The predicted molar refractivity (Wildman–Crippen MR) is 104 cm³/mol. The van der Waals surface area contributed by atoms with Gasteiger partial charge < -0.3 is 15.1 Å². The van der Waals surface area contributed by atoms with Crippen LogP contribution in [0.4, 0.5) is 17.6 Å². The van der Waals surface area contributed by atoms with Crippen molar-refractivity contribution in [2.45, 2.75) is 51.6 Å². The highest BCUT2D eigenvalue weighted by Gasteiger charge is 2.29. The van der Waals surface area contributed by atoms with Gasteiger partial charge in [-0.1, -0.05) is 6.07 Å². The molecule has 0 bridgehead atoms. The zero-order valence-electron chi connectivity index (χ0n) is 15.4. The Kier molecular flexibility index (Phi) is 3.91. The minimum Gasteiger partial charge on any atom is -0.367 e. The topological polar surface area (TPSA) is 57.2 Å². The number of rotatable bonds is 4. The van der Waals surface area contributed by atoms with Crippen molar-refractivity contribution in [1.82, 2.24) is 15.0 Å². The largest absolute Gasteiger partial charge is 0.367 e. The number of fused-ring (bicyclic) bond motifs is 1. The van der Waals surface area contributed by atoms with Crippen LogP contribution in [0.3, 0.4) is 0 Å². The number of nitrogens with zero attached hydrogens (tertiary/aromatic N) is 5. The normalized spacial score (nSPS) is 19.6. The van der Waals surface area contributed by atoms with Crippen LogP contribution in [-0.2, 0) is 13.0 Å². The zero-order valence-corrected chi connectivity index (χ0v) is 15.4. The summed E-state index contributed by atoms with van der Waals surface area (Å²) in [7, 11) is 0. The molecule has 26 heavy (non-hydrogen) atoms. The SMILES string of the molecule is Cc1cccc(N2CCc3nc(N4CCCC4)nc(NC4CC4)c3C2)n1. The van der Waals surface area contributed by atoms with Gasteiger partial charge in [0.2, 0.25) is 5.95 Å². The van der Waals surface area contributed by atoms with E-state index in [-0.39, 0.29) is 0 Å². The summed E-state index contributed by atoms with van der Waals surface area (Å²) in [5.74, 6) is 3.03. The number of nitrogens with one attached hydrogen (secondary N) is 1. The fourth-order valence-corrected chi connectivity index (χ4v) is 3.90. The number of hydrogen-bond acceptors (Lipinski definition) is 6. The maximum atomic E-state index is 4.96.